The Balaban J connectivity index is 1.89. The number of unbranched alkanes of at least 4 members (excludes halogenated alkanes) is 7. The predicted molar refractivity (Wildman–Crippen MR) is 80.4 cm³/mol. The fourth-order valence-corrected chi connectivity index (χ4v) is 2.07. The first-order chi connectivity index (χ1) is 9.33. The van der Waals surface area contributed by atoms with Crippen LogP contribution in [0.15, 0.2) is 24.3 Å². The van der Waals surface area contributed by atoms with Gasteiger partial charge in [-0.15, -0.1) is 0 Å². The van der Waals surface area contributed by atoms with Crippen LogP contribution in [0.2, 0.25) is 0 Å². The van der Waals surface area contributed by atoms with Crippen LogP contribution in [0.25, 0.3) is 0 Å². The van der Waals surface area contributed by atoms with Crippen molar-refractivity contribution in [2.75, 3.05) is 18.9 Å². The molecule has 0 radical (unpaired) electrons. The molecule has 0 saturated carbocycles. The maximum atomic E-state index is 8.66. The van der Waals surface area contributed by atoms with E-state index in [1.165, 1.54) is 32.1 Å². The largest absolute Gasteiger partial charge is 0.494 e. The molecule has 0 aliphatic carbocycles. The molecule has 0 heterocycles. The van der Waals surface area contributed by atoms with Crippen LogP contribution in [0.4, 0.5) is 5.69 Å². The molecule has 0 aliphatic heterocycles. The number of nitrogen functional groups attached to an aromatic ring is 1. The van der Waals surface area contributed by atoms with Gasteiger partial charge in [0, 0.05) is 18.4 Å². The van der Waals surface area contributed by atoms with Crippen LogP contribution in [-0.2, 0) is 0 Å². The summed E-state index contributed by atoms with van der Waals surface area (Å²) in [5.74, 6) is 0.865. The van der Waals surface area contributed by atoms with Gasteiger partial charge in [0.2, 0.25) is 0 Å². The molecule has 3 nitrogen and oxygen atoms in total. The zero-order valence-corrected chi connectivity index (χ0v) is 11.8. The van der Waals surface area contributed by atoms with E-state index in [9.17, 15) is 0 Å². The molecule has 1 aromatic carbocycles. The van der Waals surface area contributed by atoms with E-state index in [0.29, 0.717) is 6.61 Å². The van der Waals surface area contributed by atoms with Crippen LogP contribution >= 0.6 is 0 Å². The lowest BCUT2D eigenvalue weighted by atomic mass is 10.1. The minimum atomic E-state index is 0.335. The van der Waals surface area contributed by atoms with Gasteiger partial charge in [-0.1, -0.05) is 44.6 Å². The second-order valence-electron chi connectivity index (χ2n) is 4.97. The first-order valence-electron chi connectivity index (χ1n) is 7.42. The van der Waals surface area contributed by atoms with Crippen LogP contribution in [0, 0.1) is 0 Å². The summed E-state index contributed by atoms with van der Waals surface area (Å²) < 4.78 is 5.64. The summed E-state index contributed by atoms with van der Waals surface area (Å²) in [5.41, 5.74) is 6.43. The predicted octanol–water partition coefficient (Wildman–Crippen LogP) is 3.76. The Hall–Kier alpha value is -1.22. The van der Waals surface area contributed by atoms with Crippen LogP contribution in [0.5, 0.6) is 5.75 Å². The molecule has 3 N–H and O–H groups in total. The number of hydrogen-bond acceptors (Lipinski definition) is 3. The Morgan fingerprint density at radius 2 is 1.53 bits per heavy atom. The third kappa shape index (κ3) is 8.49. The Morgan fingerprint density at radius 1 is 0.895 bits per heavy atom. The molecule has 19 heavy (non-hydrogen) atoms. The number of benzene rings is 1. The van der Waals surface area contributed by atoms with Crippen molar-refractivity contribution >= 4 is 5.69 Å². The van der Waals surface area contributed by atoms with E-state index < -0.39 is 0 Å². The number of nitrogens with two attached hydrogens (primary N) is 1. The summed E-state index contributed by atoms with van der Waals surface area (Å²) in [4.78, 5) is 0. The smallest absolute Gasteiger partial charge is 0.121 e. The van der Waals surface area contributed by atoms with Gasteiger partial charge in [0.25, 0.3) is 0 Å². The van der Waals surface area contributed by atoms with Gasteiger partial charge in [-0.05, 0) is 25.0 Å². The molecule has 0 aromatic heterocycles. The lowest BCUT2D eigenvalue weighted by Gasteiger charge is -2.06. The van der Waals surface area contributed by atoms with Crippen LogP contribution in [-0.4, -0.2) is 18.3 Å². The fraction of sp³-hybridized carbons (Fsp3) is 0.625. The van der Waals surface area contributed by atoms with Gasteiger partial charge in [-0.3, -0.25) is 0 Å². The van der Waals surface area contributed by atoms with E-state index in [2.05, 4.69) is 0 Å². The van der Waals surface area contributed by atoms with Crippen molar-refractivity contribution in [1.82, 2.24) is 0 Å². The Bertz CT molecular complexity index is 328. The van der Waals surface area contributed by atoms with Gasteiger partial charge < -0.3 is 15.6 Å². The van der Waals surface area contributed by atoms with E-state index in [-0.39, 0.29) is 0 Å². The van der Waals surface area contributed by atoms with Crippen LogP contribution in [0.3, 0.4) is 0 Å². The molecule has 0 atom stereocenters. The van der Waals surface area contributed by atoms with E-state index in [4.69, 9.17) is 15.6 Å². The van der Waals surface area contributed by atoms with Gasteiger partial charge in [0.05, 0.1) is 6.61 Å². The Morgan fingerprint density at radius 3 is 2.16 bits per heavy atom. The lowest BCUT2D eigenvalue weighted by Crippen LogP contribution is -1.97. The average molecular weight is 265 g/mol. The summed E-state index contributed by atoms with van der Waals surface area (Å²) in [7, 11) is 0. The molecule has 108 valence electrons. The number of aliphatic hydroxyl groups excluding tert-OH is 1. The highest BCUT2D eigenvalue weighted by Gasteiger charge is 1.95. The van der Waals surface area contributed by atoms with Crippen molar-refractivity contribution in [1.29, 1.82) is 0 Å². The fourth-order valence-electron chi connectivity index (χ4n) is 2.07. The average Bonchev–Trinajstić information content (AvgIpc) is 2.41. The number of anilines is 1. The molecule has 0 unspecified atom stereocenters. The van der Waals surface area contributed by atoms with Crippen molar-refractivity contribution in [3.8, 4) is 5.75 Å². The molecular formula is C16H27NO2. The number of hydrogen-bond donors (Lipinski definition) is 2. The minimum Gasteiger partial charge on any atom is -0.494 e. The van der Waals surface area contributed by atoms with E-state index in [1.807, 2.05) is 24.3 Å². The summed E-state index contributed by atoms with van der Waals surface area (Å²) in [6.07, 6.45) is 9.55. The highest BCUT2D eigenvalue weighted by molar-refractivity contribution is 5.43. The van der Waals surface area contributed by atoms with Crippen molar-refractivity contribution in [2.24, 2.45) is 0 Å². The summed E-state index contributed by atoms with van der Waals surface area (Å²) >= 11 is 0. The highest BCUT2D eigenvalue weighted by Crippen LogP contribution is 2.15. The molecule has 0 saturated heterocycles. The highest BCUT2D eigenvalue weighted by atomic mass is 16.5. The van der Waals surface area contributed by atoms with Crippen molar-refractivity contribution in [3.63, 3.8) is 0 Å². The quantitative estimate of drug-likeness (QED) is 0.473. The van der Waals surface area contributed by atoms with Crippen molar-refractivity contribution in [2.45, 2.75) is 51.4 Å². The first-order valence-corrected chi connectivity index (χ1v) is 7.42. The minimum absolute atomic E-state index is 0.335. The second-order valence-corrected chi connectivity index (χ2v) is 4.97. The zero-order chi connectivity index (χ0) is 13.8. The third-order valence-corrected chi connectivity index (χ3v) is 3.18. The number of aliphatic hydroxyl groups is 1. The topological polar surface area (TPSA) is 55.5 Å². The van der Waals surface area contributed by atoms with Gasteiger partial charge in [-0.25, -0.2) is 0 Å². The molecule has 1 rings (SSSR count). The molecule has 0 aliphatic rings. The van der Waals surface area contributed by atoms with E-state index >= 15 is 0 Å². The number of rotatable bonds is 11. The van der Waals surface area contributed by atoms with Gasteiger partial charge in [0.15, 0.2) is 0 Å². The van der Waals surface area contributed by atoms with Gasteiger partial charge >= 0.3 is 0 Å². The molecule has 0 spiro atoms. The van der Waals surface area contributed by atoms with Gasteiger partial charge in [0.1, 0.15) is 5.75 Å². The summed E-state index contributed by atoms with van der Waals surface area (Å²) in [6.45, 7) is 1.11. The Kier molecular flexibility index (Phi) is 8.90. The Labute approximate surface area is 116 Å². The van der Waals surface area contributed by atoms with Crippen LogP contribution < -0.4 is 10.5 Å². The molecule has 3 heteroatoms. The maximum absolute atomic E-state index is 8.66. The number of ether oxygens (including phenoxy) is 1. The maximum Gasteiger partial charge on any atom is 0.121 e. The standard InChI is InChI=1S/C16H27NO2/c17-15-10-9-11-16(14-15)19-13-8-6-4-2-1-3-5-7-12-18/h9-11,14,18H,1-8,12-13,17H2. The SMILES string of the molecule is Nc1cccc(OCCCCCCCCCCO)c1. The summed E-state index contributed by atoms with van der Waals surface area (Å²) in [5, 5.41) is 8.66. The van der Waals surface area contributed by atoms with Gasteiger partial charge in [-0.2, -0.15) is 0 Å². The lowest BCUT2D eigenvalue weighted by molar-refractivity contribution is 0.282. The molecule has 1 aromatic rings. The first kappa shape index (κ1) is 15.8. The normalized spacial score (nSPS) is 10.6. The van der Waals surface area contributed by atoms with Crippen molar-refractivity contribution < 1.29 is 9.84 Å². The third-order valence-electron chi connectivity index (χ3n) is 3.18. The monoisotopic (exact) mass is 265 g/mol. The molecule has 0 fully saturated rings. The van der Waals surface area contributed by atoms with E-state index in [0.717, 1.165) is 37.3 Å². The van der Waals surface area contributed by atoms with Crippen LogP contribution in [0.1, 0.15) is 51.4 Å². The molecular weight excluding hydrogens is 238 g/mol. The molecule has 0 amide bonds. The van der Waals surface area contributed by atoms with E-state index in [1.54, 1.807) is 0 Å². The second kappa shape index (κ2) is 10.7. The summed E-state index contributed by atoms with van der Waals surface area (Å²) in [6, 6.07) is 7.58. The zero-order valence-electron chi connectivity index (χ0n) is 11.8. The molecule has 0 bridgehead atoms. The van der Waals surface area contributed by atoms with Crippen molar-refractivity contribution in [3.05, 3.63) is 24.3 Å².